The highest BCUT2D eigenvalue weighted by Gasteiger charge is 2.39. The molecule has 0 N–H and O–H groups in total. The molecule has 0 saturated carbocycles. The summed E-state index contributed by atoms with van der Waals surface area (Å²) in [5.74, 6) is -0.412. The molecule has 2 aromatic carbocycles. The van der Waals surface area contributed by atoms with Crippen LogP contribution in [-0.2, 0) is 14.3 Å². The summed E-state index contributed by atoms with van der Waals surface area (Å²) in [7, 11) is 3.21. The molecular formula is C23H24O5. The van der Waals surface area contributed by atoms with Crippen molar-refractivity contribution in [2.24, 2.45) is 5.92 Å². The van der Waals surface area contributed by atoms with Gasteiger partial charge in [-0.25, -0.2) is 0 Å². The maximum atomic E-state index is 12.9. The van der Waals surface area contributed by atoms with E-state index in [2.05, 4.69) is 0 Å². The molecule has 5 heteroatoms. The highest BCUT2D eigenvalue weighted by Crippen LogP contribution is 2.41. The molecule has 2 atom stereocenters. The zero-order chi connectivity index (χ0) is 20.1. The van der Waals surface area contributed by atoms with Crippen LogP contribution in [0, 0.1) is 5.92 Å². The molecule has 3 rings (SSSR count). The largest absolute Gasteiger partial charge is 0.497 e. The number of carbonyl (C=O) groups excluding carboxylic acids is 2. The van der Waals surface area contributed by atoms with E-state index >= 15 is 0 Å². The van der Waals surface area contributed by atoms with Gasteiger partial charge in [-0.15, -0.1) is 0 Å². The van der Waals surface area contributed by atoms with Crippen molar-refractivity contribution in [2.75, 3.05) is 20.8 Å². The third-order valence-corrected chi connectivity index (χ3v) is 4.99. The molecule has 146 valence electrons. The molecule has 0 saturated heterocycles. The van der Waals surface area contributed by atoms with Crippen LogP contribution in [-0.4, -0.2) is 32.6 Å². The molecule has 0 heterocycles. The Morgan fingerprint density at radius 1 is 1.04 bits per heavy atom. The topological polar surface area (TPSA) is 61.8 Å². The van der Waals surface area contributed by atoms with Crippen LogP contribution in [0.4, 0.5) is 0 Å². The average Bonchev–Trinajstić information content (AvgIpc) is 2.73. The van der Waals surface area contributed by atoms with Gasteiger partial charge in [0, 0.05) is 5.92 Å². The maximum Gasteiger partial charge on any atom is 0.317 e. The minimum absolute atomic E-state index is 0.233. The minimum Gasteiger partial charge on any atom is -0.497 e. The van der Waals surface area contributed by atoms with Gasteiger partial charge < -0.3 is 14.2 Å². The maximum absolute atomic E-state index is 12.9. The molecule has 0 fully saturated rings. The van der Waals surface area contributed by atoms with E-state index in [0.29, 0.717) is 6.42 Å². The van der Waals surface area contributed by atoms with Gasteiger partial charge in [0.2, 0.25) is 0 Å². The number of hydrogen-bond acceptors (Lipinski definition) is 5. The molecule has 0 unspecified atom stereocenters. The molecule has 0 amide bonds. The Labute approximate surface area is 164 Å². The first-order valence-corrected chi connectivity index (χ1v) is 9.26. The number of methoxy groups -OCH3 is 2. The van der Waals surface area contributed by atoms with Crippen LogP contribution in [0.15, 0.2) is 54.6 Å². The van der Waals surface area contributed by atoms with Gasteiger partial charge in [-0.05, 0) is 60.4 Å². The Morgan fingerprint density at radius 3 is 2.39 bits per heavy atom. The van der Waals surface area contributed by atoms with Crippen molar-refractivity contribution in [3.63, 3.8) is 0 Å². The summed E-state index contributed by atoms with van der Waals surface area (Å²) in [6.45, 7) is 1.98. The van der Waals surface area contributed by atoms with Gasteiger partial charge in [-0.2, -0.15) is 0 Å². The standard InChI is InChI=1S/C23H24O5/c1-4-28-23(25)22-20(15-8-10-18(26-2)11-9-15)13-17(14-21(22)24)16-6-5-7-19(12-16)27-3/h5-12,14,20,22H,4,13H2,1-3H3/t20-,22+/m1/s1. The second-order valence-electron chi connectivity index (χ2n) is 6.62. The van der Waals surface area contributed by atoms with Crippen LogP contribution >= 0.6 is 0 Å². The zero-order valence-electron chi connectivity index (χ0n) is 16.3. The van der Waals surface area contributed by atoms with Crippen molar-refractivity contribution in [3.8, 4) is 11.5 Å². The predicted octanol–water partition coefficient (Wildman–Crippen LogP) is 4.02. The molecule has 2 aromatic rings. The first-order valence-electron chi connectivity index (χ1n) is 9.26. The quantitative estimate of drug-likeness (QED) is 0.559. The van der Waals surface area contributed by atoms with E-state index in [-0.39, 0.29) is 18.3 Å². The van der Waals surface area contributed by atoms with Crippen molar-refractivity contribution in [1.29, 1.82) is 0 Å². The van der Waals surface area contributed by atoms with Crippen molar-refractivity contribution < 1.29 is 23.8 Å². The van der Waals surface area contributed by atoms with Crippen LogP contribution in [0.25, 0.3) is 5.57 Å². The number of hydrogen-bond donors (Lipinski definition) is 0. The fraction of sp³-hybridized carbons (Fsp3) is 0.304. The van der Waals surface area contributed by atoms with Gasteiger partial charge in [0.1, 0.15) is 17.4 Å². The number of ketones is 1. The number of esters is 1. The number of benzene rings is 2. The van der Waals surface area contributed by atoms with Gasteiger partial charge in [0.05, 0.1) is 20.8 Å². The lowest BCUT2D eigenvalue weighted by molar-refractivity contribution is -0.151. The number of carbonyl (C=O) groups is 2. The van der Waals surface area contributed by atoms with Gasteiger partial charge in [-0.1, -0.05) is 24.3 Å². The molecule has 0 bridgehead atoms. The van der Waals surface area contributed by atoms with E-state index in [1.54, 1.807) is 27.2 Å². The monoisotopic (exact) mass is 380 g/mol. The molecule has 0 aromatic heterocycles. The molecule has 0 aliphatic heterocycles. The van der Waals surface area contributed by atoms with Gasteiger partial charge in [0.25, 0.3) is 0 Å². The Kier molecular flexibility index (Phi) is 6.14. The lowest BCUT2D eigenvalue weighted by atomic mass is 9.73. The molecular weight excluding hydrogens is 356 g/mol. The second-order valence-corrected chi connectivity index (χ2v) is 6.62. The number of ether oxygens (including phenoxy) is 3. The van der Waals surface area contributed by atoms with Crippen molar-refractivity contribution in [1.82, 2.24) is 0 Å². The molecule has 0 spiro atoms. The lowest BCUT2D eigenvalue weighted by Crippen LogP contribution is -2.34. The van der Waals surface area contributed by atoms with E-state index < -0.39 is 11.9 Å². The molecule has 1 aliphatic carbocycles. The van der Waals surface area contributed by atoms with E-state index in [1.165, 1.54) is 0 Å². The van der Waals surface area contributed by atoms with Crippen molar-refractivity contribution in [3.05, 3.63) is 65.7 Å². The summed E-state index contributed by atoms with van der Waals surface area (Å²) in [5.41, 5.74) is 2.69. The zero-order valence-corrected chi connectivity index (χ0v) is 16.3. The fourth-order valence-electron chi connectivity index (χ4n) is 3.57. The first kappa shape index (κ1) is 19.7. The van der Waals surface area contributed by atoms with Gasteiger partial charge >= 0.3 is 5.97 Å². The minimum atomic E-state index is -0.845. The third-order valence-electron chi connectivity index (χ3n) is 4.99. The highest BCUT2D eigenvalue weighted by atomic mass is 16.5. The summed E-state index contributed by atoms with van der Waals surface area (Å²) in [4.78, 5) is 25.5. The van der Waals surface area contributed by atoms with E-state index in [1.807, 2.05) is 48.5 Å². The molecule has 5 nitrogen and oxygen atoms in total. The average molecular weight is 380 g/mol. The normalized spacial score (nSPS) is 19.0. The molecule has 28 heavy (non-hydrogen) atoms. The summed E-state index contributed by atoms with van der Waals surface area (Å²) in [6, 6.07) is 15.1. The number of rotatable bonds is 6. The van der Waals surface area contributed by atoms with Crippen molar-refractivity contribution >= 4 is 17.3 Å². The van der Waals surface area contributed by atoms with Crippen LogP contribution in [0.2, 0.25) is 0 Å². The van der Waals surface area contributed by atoms with Gasteiger partial charge in [-0.3, -0.25) is 9.59 Å². The summed E-state index contributed by atoms with van der Waals surface area (Å²) in [6.07, 6.45) is 2.12. The van der Waals surface area contributed by atoms with E-state index in [4.69, 9.17) is 14.2 Å². The van der Waals surface area contributed by atoms with Crippen molar-refractivity contribution in [2.45, 2.75) is 19.3 Å². The summed E-state index contributed by atoms with van der Waals surface area (Å²) in [5, 5.41) is 0. The van der Waals surface area contributed by atoms with E-state index in [0.717, 1.165) is 28.2 Å². The Bertz CT molecular complexity index is 882. The van der Waals surface area contributed by atoms with Gasteiger partial charge in [0.15, 0.2) is 5.78 Å². The first-order chi connectivity index (χ1) is 13.6. The number of allylic oxidation sites excluding steroid dienone is 2. The molecule has 0 radical (unpaired) electrons. The summed E-state index contributed by atoms with van der Waals surface area (Å²) >= 11 is 0. The third kappa shape index (κ3) is 4.09. The second kappa shape index (κ2) is 8.74. The fourth-order valence-corrected chi connectivity index (χ4v) is 3.57. The van der Waals surface area contributed by atoms with Crippen LogP contribution in [0.5, 0.6) is 11.5 Å². The Morgan fingerprint density at radius 2 is 1.75 bits per heavy atom. The van der Waals surface area contributed by atoms with Crippen LogP contribution < -0.4 is 9.47 Å². The Balaban J connectivity index is 2.01. The van der Waals surface area contributed by atoms with Crippen LogP contribution in [0.3, 0.4) is 0 Å². The molecule has 1 aliphatic rings. The summed E-state index contributed by atoms with van der Waals surface area (Å²) < 4.78 is 15.7. The predicted molar refractivity (Wildman–Crippen MR) is 106 cm³/mol. The SMILES string of the molecule is CCOC(=O)[C@@H]1C(=O)C=C(c2cccc(OC)c2)C[C@@H]1c1ccc(OC)cc1. The smallest absolute Gasteiger partial charge is 0.317 e. The Hall–Kier alpha value is -3.08. The lowest BCUT2D eigenvalue weighted by Gasteiger charge is -2.29. The van der Waals surface area contributed by atoms with Crippen LogP contribution in [0.1, 0.15) is 30.4 Å². The van der Waals surface area contributed by atoms with E-state index in [9.17, 15) is 9.59 Å². The highest BCUT2D eigenvalue weighted by molar-refractivity contribution is 6.10.